The largest absolute Gasteiger partial charge is 0.279 e. The van der Waals surface area contributed by atoms with E-state index in [9.17, 15) is 4.79 Å². The zero-order valence-electron chi connectivity index (χ0n) is 14.0. The predicted molar refractivity (Wildman–Crippen MR) is 102 cm³/mol. The number of amides is 1. The second kappa shape index (κ2) is 5.60. The van der Waals surface area contributed by atoms with E-state index in [0.29, 0.717) is 5.75 Å². The van der Waals surface area contributed by atoms with E-state index in [2.05, 4.69) is 55.5 Å². The fourth-order valence-electron chi connectivity index (χ4n) is 3.99. The van der Waals surface area contributed by atoms with E-state index in [4.69, 9.17) is 4.99 Å². The summed E-state index contributed by atoms with van der Waals surface area (Å²) in [7, 11) is 0. The standard InChI is InChI=1S/C21H18N2OS/c1-13-6-8-15(9-7-13)20-17-11-10-14-4-2-3-5-16(14)19(17)22-21-23(20)18(24)12-25-21/h2-9,20H,10-12H2,1H3/t20-/m1/s1. The molecule has 0 aromatic heterocycles. The number of thioether (sulfide) groups is 1. The third kappa shape index (κ3) is 2.28. The predicted octanol–water partition coefficient (Wildman–Crippen LogP) is 4.34. The molecule has 1 saturated heterocycles. The Labute approximate surface area is 151 Å². The second-order valence-corrected chi connectivity index (χ2v) is 7.73. The number of benzene rings is 2. The molecule has 0 saturated carbocycles. The Kier molecular flexibility index (Phi) is 3.35. The summed E-state index contributed by atoms with van der Waals surface area (Å²) in [4.78, 5) is 19.4. The number of aliphatic imine (C=N–C) groups is 1. The summed E-state index contributed by atoms with van der Waals surface area (Å²) >= 11 is 1.56. The number of hydrogen-bond acceptors (Lipinski definition) is 3. The highest BCUT2D eigenvalue weighted by molar-refractivity contribution is 8.15. The molecule has 2 aromatic carbocycles. The van der Waals surface area contributed by atoms with Crippen LogP contribution in [0.25, 0.3) is 5.70 Å². The van der Waals surface area contributed by atoms with Crippen molar-refractivity contribution in [3.8, 4) is 0 Å². The molecule has 124 valence electrons. The lowest BCUT2D eigenvalue weighted by atomic mass is 9.82. The number of carbonyl (C=O) groups excluding carboxylic acids is 1. The van der Waals surface area contributed by atoms with Crippen molar-refractivity contribution in [2.75, 3.05) is 5.75 Å². The van der Waals surface area contributed by atoms with Crippen molar-refractivity contribution in [2.45, 2.75) is 25.8 Å². The van der Waals surface area contributed by atoms with Crippen LogP contribution >= 0.6 is 11.8 Å². The Morgan fingerprint density at radius 2 is 1.88 bits per heavy atom. The molecule has 2 aliphatic heterocycles. The first-order valence-corrected chi connectivity index (χ1v) is 9.62. The number of aryl methyl sites for hydroxylation is 2. The van der Waals surface area contributed by atoms with Gasteiger partial charge in [0.25, 0.3) is 0 Å². The fourth-order valence-corrected chi connectivity index (χ4v) is 4.89. The van der Waals surface area contributed by atoms with Gasteiger partial charge in [0.15, 0.2) is 5.17 Å². The van der Waals surface area contributed by atoms with E-state index < -0.39 is 0 Å². The quantitative estimate of drug-likeness (QED) is 0.769. The van der Waals surface area contributed by atoms with Crippen LogP contribution < -0.4 is 0 Å². The molecule has 1 fully saturated rings. The summed E-state index contributed by atoms with van der Waals surface area (Å²) in [6.45, 7) is 2.09. The van der Waals surface area contributed by atoms with Crippen molar-refractivity contribution in [2.24, 2.45) is 4.99 Å². The average Bonchev–Trinajstić information content (AvgIpc) is 3.01. The molecule has 0 unspecified atom stereocenters. The van der Waals surface area contributed by atoms with Gasteiger partial charge in [-0.05, 0) is 36.5 Å². The second-order valence-electron chi connectivity index (χ2n) is 6.79. The number of rotatable bonds is 1. The first kappa shape index (κ1) is 15.0. The summed E-state index contributed by atoms with van der Waals surface area (Å²) in [6, 6.07) is 17.1. The number of nitrogens with zero attached hydrogens (tertiary/aromatic N) is 2. The van der Waals surface area contributed by atoms with Gasteiger partial charge in [-0.25, -0.2) is 4.99 Å². The van der Waals surface area contributed by atoms with Gasteiger partial charge in [-0.1, -0.05) is 65.9 Å². The summed E-state index contributed by atoms with van der Waals surface area (Å²) in [5.41, 5.74) is 7.37. The van der Waals surface area contributed by atoms with Crippen LogP contribution in [-0.2, 0) is 11.2 Å². The first-order valence-electron chi connectivity index (χ1n) is 8.64. The third-order valence-electron chi connectivity index (χ3n) is 5.23. The van der Waals surface area contributed by atoms with Crippen LogP contribution in [0.4, 0.5) is 0 Å². The van der Waals surface area contributed by atoms with Crippen LogP contribution in [0.3, 0.4) is 0 Å². The van der Waals surface area contributed by atoms with Gasteiger partial charge in [0.05, 0.1) is 17.5 Å². The molecule has 1 atom stereocenters. The molecule has 2 heterocycles. The maximum atomic E-state index is 12.6. The van der Waals surface area contributed by atoms with Crippen LogP contribution in [0.2, 0.25) is 0 Å². The molecular weight excluding hydrogens is 328 g/mol. The number of fused-ring (bicyclic) bond motifs is 3. The zero-order chi connectivity index (χ0) is 17.0. The van der Waals surface area contributed by atoms with Gasteiger partial charge in [-0.3, -0.25) is 9.69 Å². The molecule has 3 nitrogen and oxygen atoms in total. The van der Waals surface area contributed by atoms with Gasteiger partial charge in [0.2, 0.25) is 5.91 Å². The van der Waals surface area contributed by atoms with Crippen LogP contribution in [0.15, 0.2) is 59.1 Å². The van der Waals surface area contributed by atoms with Crippen LogP contribution in [-0.4, -0.2) is 21.7 Å². The van der Waals surface area contributed by atoms with E-state index in [-0.39, 0.29) is 11.9 Å². The molecule has 1 aliphatic carbocycles. The van der Waals surface area contributed by atoms with Crippen LogP contribution in [0.5, 0.6) is 0 Å². The summed E-state index contributed by atoms with van der Waals surface area (Å²) in [5, 5.41) is 0.853. The van der Waals surface area contributed by atoms with Crippen molar-refractivity contribution in [3.63, 3.8) is 0 Å². The van der Waals surface area contributed by atoms with E-state index in [1.165, 1.54) is 27.8 Å². The summed E-state index contributed by atoms with van der Waals surface area (Å²) in [5.74, 6) is 0.656. The van der Waals surface area contributed by atoms with Crippen molar-refractivity contribution < 1.29 is 4.79 Å². The Morgan fingerprint density at radius 1 is 1.08 bits per heavy atom. The molecule has 0 bridgehead atoms. The van der Waals surface area contributed by atoms with E-state index in [1.807, 2.05) is 4.90 Å². The van der Waals surface area contributed by atoms with E-state index in [1.54, 1.807) is 11.8 Å². The smallest absolute Gasteiger partial charge is 0.239 e. The van der Waals surface area contributed by atoms with E-state index in [0.717, 1.165) is 23.7 Å². The van der Waals surface area contributed by atoms with Crippen molar-refractivity contribution in [1.29, 1.82) is 0 Å². The van der Waals surface area contributed by atoms with Gasteiger partial charge < -0.3 is 0 Å². The van der Waals surface area contributed by atoms with Gasteiger partial charge >= 0.3 is 0 Å². The topological polar surface area (TPSA) is 32.7 Å². The first-order chi connectivity index (χ1) is 12.2. The van der Waals surface area contributed by atoms with Gasteiger partial charge in [-0.2, -0.15) is 0 Å². The van der Waals surface area contributed by atoms with Gasteiger partial charge in [0, 0.05) is 5.56 Å². The molecule has 0 spiro atoms. The van der Waals surface area contributed by atoms with Gasteiger partial charge in [-0.15, -0.1) is 0 Å². The lowest BCUT2D eigenvalue weighted by Gasteiger charge is -2.37. The Hall–Kier alpha value is -2.33. The van der Waals surface area contributed by atoms with Crippen molar-refractivity contribution in [3.05, 3.63) is 76.4 Å². The summed E-state index contributed by atoms with van der Waals surface area (Å²) in [6.07, 6.45) is 1.97. The minimum atomic E-state index is -0.0149. The molecule has 2 aromatic rings. The Balaban J connectivity index is 1.73. The van der Waals surface area contributed by atoms with Crippen molar-refractivity contribution in [1.82, 2.24) is 4.90 Å². The molecule has 1 amide bonds. The zero-order valence-corrected chi connectivity index (χ0v) is 14.8. The monoisotopic (exact) mass is 346 g/mol. The maximum Gasteiger partial charge on any atom is 0.239 e. The SMILES string of the molecule is Cc1ccc([C@@H]2C3=C(N=C4SCC(=O)N42)c2ccccc2CC3)cc1. The lowest BCUT2D eigenvalue weighted by molar-refractivity contribution is -0.125. The highest BCUT2D eigenvalue weighted by Crippen LogP contribution is 2.47. The van der Waals surface area contributed by atoms with Crippen LogP contribution in [0.1, 0.15) is 34.7 Å². The maximum absolute atomic E-state index is 12.6. The Bertz CT molecular complexity index is 943. The molecule has 0 N–H and O–H groups in total. The lowest BCUT2D eigenvalue weighted by Crippen LogP contribution is -2.38. The fraction of sp³-hybridized carbons (Fsp3) is 0.238. The molecular formula is C21H18N2OS. The minimum Gasteiger partial charge on any atom is -0.279 e. The number of carbonyl (C=O) groups is 1. The summed E-state index contributed by atoms with van der Waals surface area (Å²) < 4.78 is 0. The highest BCUT2D eigenvalue weighted by atomic mass is 32.2. The molecule has 3 aliphatic rings. The average molecular weight is 346 g/mol. The highest BCUT2D eigenvalue weighted by Gasteiger charge is 2.42. The van der Waals surface area contributed by atoms with E-state index >= 15 is 0 Å². The number of amidine groups is 1. The van der Waals surface area contributed by atoms with Crippen molar-refractivity contribution >= 4 is 28.5 Å². The number of hydrogen-bond donors (Lipinski definition) is 0. The van der Waals surface area contributed by atoms with Gasteiger partial charge in [0.1, 0.15) is 0 Å². The normalized spacial score (nSPS) is 21.6. The van der Waals surface area contributed by atoms with Crippen LogP contribution in [0, 0.1) is 6.92 Å². The molecule has 25 heavy (non-hydrogen) atoms. The molecule has 5 rings (SSSR count). The Morgan fingerprint density at radius 3 is 2.72 bits per heavy atom. The minimum absolute atomic E-state index is 0.0149. The molecule has 0 radical (unpaired) electrons. The molecule has 4 heteroatoms. The third-order valence-corrected chi connectivity index (χ3v) is 6.17.